The smallest absolute Gasteiger partial charge is 0.341 e. The van der Waals surface area contributed by atoms with Crippen LogP contribution in [0.25, 0.3) is 0 Å². The molecule has 2 aromatic rings. The lowest BCUT2D eigenvalue weighted by molar-refractivity contribution is -0.134. The van der Waals surface area contributed by atoms with Crippen molar-refractivity contribution < 1.29 is 27.1 Å². The number of para-hydroxylation sites is 1. The summed E-state index contributed by atoms with van der Waals surface area (Å²) in [5, 5.41) is 0. The predicted molar refractivity (Wildman–Crippen MR) is 122 cm³/mol. The molecule has 0 N–H and O–H groups in total. The fraction of sp³-hybridized carbons (Fsp3) is 0.391. The molecule has 0 aromatic heterocycles. The standard InChI is InChI=1S/C23H28FN3O5S/c1-3-27(4-2)33(30,31)19-10-11-21(24)20(16-19)23(29)32-17-22(28)26-14-12-25(13-15-26)18-8-6-5-7-9-18/h5-11,16H,3-4,12-15,17H2,1-2H3. The van der Waals surface area contributed by atoms with E-state index in [0.717, 1.165) is 23.9 Å². The molecule has 1 aliphatic heterocycles. The van der Waals surface area contributed by atoms with Gasteiger partial charge in [-0.05, 0) is 30.3 Å². The van der Waals surface area contributed by atoms with Gasteiger partial charge in [0.25, 0.3) is 5.91 Å². The van der Waals surface area contributed by atoms with Crippen molar-refractivity contribution in [1.29, 1.82) is 0 Å². The lowest BCUT2D eigenvalue weighted by Gasteiger charge is -2.36. The maximum atomic E-state index is 14.2. The van der Waals surface area contributed by atoms with Gasteiger partial charge in [0.1, 0.15) is 5.82 Å². The molecule has 0 saturated carbocycles. The summed E-state index contributed by atoms with van der Waals surface area (Å²) >= 11 is 0. The molecule has 0 aliphatic carbocycles. The van der Waals surface area contributed by atoms with Crippen molar-refractivity contribution in [1.82, 2.24) is 9.21 Å². The Balaban J connectivity index is 1.60. The van der Waals surface area contributed by atoms with E-state index in [9.17, 15) is 22.4 Å². The summed E-state index contributed by atoms with van der Waals surface area (Å²) in [6, 6.07) is 12.8. The lowest BCUT2D eigenvalue weighted by atomic mass is 10.2. The number of carbonyl (C=O) groups excluding carboxylic acids is 2. The van der Waals surface area contributed by atoms with Gasteiger partial charge in [0, 0.05) is 45.0 Å². The Morgan fingerprint density at radius 3 is 2.24 bits per heavy atom. The summed E-state index contributed by atoms with van der Waals surface area (Å²) in [6.07, 6.45) is 0. The monoisotopic (exact) mass is 477 g/mol. The van der Waals surface area contributed by atoms with Crippen LogP contribution >= 0.6 is 0 Å². The van der Waals surface area contributed by atoms with Gasteiger partial charge in [0.15, 0.2) is 6.61 Å². The van der Waals surface area contributed by atoms with Crippen LogP contribution in [0.3, 0.4) is 0 Å². The molecule has 1 saturated heterocycles. The average Bonchev–Trinajstić information content (AvgIpc) is 2.83. The maximum Gasteiger partial charge on any atom is 0.341 e. The molecular weight excluding hydrogens is 449 g/mol. The number of anilines is 1. The first-order valence-corrected chi connectivity index (χ1v) is 12.3. The van der Waals surface area contributed by atoms with Gasteiger partial charge in [0.2, 0.25) is 10.0 Å². The molecule has 0 unspecified atom stereocenters. The zero-order valence-corrected chi connectivity index (χ0v) is 19.6. The predicted octanol–water partition coefficient (Wildman–Crippen LogP) is 2.36. The molecule has 178 valence electrons. The number of rotatable bonds is 8. The number of piperazine rings is 1. The Morgan fingerprint density at radius 1 is 1.00 bits per heavy atom. The second-order valence-electron chi connectivity index (χ2n) is 7.51. The SMILES string of the molecule is CCN(CC)S(=O)(=O)c1ccc(F)c(C(=O)OCC(=O)N2CCN(c3ccccc3)CC2)c1. The molecule has 0 radical (unpaired) electrons. The highest BCUT2D eigenvalue weighted by atomic mass is 32.2. The number of hydrogen-bond donors (Lipinski definition) is 0. The van der Waals surface area contributed by atoms with Crippen LogP contribution in [0, 0.1) is 5.82 Å². The van der Waals surface area contributed by atoms with Gasteiger partial charge in [-0.2, -0.15) is 4.31 Å². The Kier molecular flexibility index (Phi) is 8.04. The largest absolute Gasteiger partial charge is 0.452 e. The molecule has 1 amide bonds. The third kappa shape index (κ3) is 5.69. The molecule has 1 aliphatic rings. The molecule has 0 atom stereocenters. The van der Waals surface area contributed by atoms with Crippen molar-refractivity contribution in [3.05, 3.63) is 59.9 Å². The maximum absolute atomic E-state index is 14.2. The van der Waals surface area contributed by atoms with E-state index in [4.69, 9.17) is 4.74 Å². The van der Waals surface area contributed by atoms with Gasteiger partial charge >= 0.3 is 5.97 Å². The molecule has 33 heavy (non-hydrogen) atoms. The van der Waals surface area contributed by atoms with Crippen molar-refractivity contribution >= 4 is 27.6 Å². The Hall–Kier alpha value is -2.98. The molecular formula is C23H28FN3O5S. The third-order valence-electron chi connectivity index (χ3n) is 5.58. The van der Waals surface area contributed by atoms with Gasteiger partial charge in [-0.3, -0.25) is 4.79 Å². The normalized spacial score (nSPS) is 14.4. The fourth-order valence-electron chi connectivity index (χ4n) is 3.68. The number of esters is 1. The molecule has 8 nitrogen and oxygen atoms in total. The Morgan fingerprint density at radius 2 is 1.64 bits per heavy atom. The summed E-state index contributed by atoms with van der Waals surface area (Å²) in [5.41, 5.74) is 0.552. The first kappa shape index (κ1) is 24.7. The van der Waals surface area contributed by atoms with Gasteiger partial charge in [-0.15, -0.1) is 0 Å². The van der Waals surface area contributed by atoms with E-state index in [1.807, 2.05) is 30.3 Å². The Labute approximate surface area is 193 Å². The van der Waals surface area contributed by atoms with Crippen LogP contribution in [0.4, 0.5) is 10.1 Å². The van der Waals surface area contributed by atoms with Crippen molar-refractivity contribution in [3.63, 3.8) is 0 Å². The summed E-state index contributed by atoms with van der Waals surface area (Å²) in [4.78, 5) is 28.5. The van der Waals surface area contributed by atoms with Gasteiger partial charge in [-0.25, -0.2) is 17.6 Å². The van der Waals surface area contributed by atoms with Crippen LogP contribution in [0.1, 0.15) is 24.2 Å². The number of sulfonamides is 1. The zero-order valence-electron chi connectivity index (χ0n) is 18.7. The molecule has 0 bridgehead atoms. The third-order valence-corrected chi connectivity index (χ3v) is 7.63. The number of benzene rings is 2. The van der Waals surface area contributed by atoms with Crippen LogP contribution in [-0.4, -0.2) is 75.4 Å². The van der Waals surface area contributed by atoms with Crippen LogP contribution in [0.2, 0.25) is 0 Å². The summed E-state index contributed by atoms with van der Waals surface area (Å²) in [7, 11) is -3.87. The van der Waals surface area contributed by atoms with E-state index in [2.05, 4.69) is 4.90 Å². The highest BCUT2D eigenvalue weighted by molar-refractivity contribution is 7.89. The number of nitrogens with zero attached hydrogens (tertiary/aromatic N) is 3. The van der Waals surface area contributed by atoms with Gasteiger partial charge in [-0.1, -0.05) is 32.0 Å². The molecule has 1 heterocycles. The van der Waals surface area contributed by atoms with E-state index in [0.29, 0.717) is 26.2 Å². The molecule has 1 fully saturated rings. The number of hydrogen-bond acceptors (Lipinski definition) is 6. The minimum atomic E-state index is -3.87. The van der Waals surface area contributed by atoms with Crippen LogP contribution < -0.4 is 4.90 Å². The van der Waals surface area contributed by atoms with E-state index in [1.165, 1.54) is 4.31 Å². The second kappa shape index (κ2) is 10.8. The summed E-state index contributed by atoms with van der Waals surface area (Å²) < 4.78 is 45.8. The van der Waals surface area contributed by atoms with Crippen molar-refractivity contribution in [3.8, 4) is 0 Å². The fourth-order valence-corrected chi connectivity index (χ4v) is 5.17. The molecule has 10 heteroatoms. The molecule has 3 rings (SSSR count). The van der Waals surface area contributed by atoms with E-state index >= 15 is 0 Å². The first-order chi connectivity index (χ1) is 15.8. The van der Waals surface area contributed by atoms with E-state index < -0.39 is 34.0 Å². The topological polar surface area (TPSA) is 87.2 Å². The van der Waals surface area contributed by atoms with Gasteiger partial charge < -0.3 is 14.5 Å². The Bertz CT molecular complexity index is 1080. The highest BCUT2D eigenvalue weighted by Crippen LogP contribution is 2.20. The minimum Gasteiger partial charge on any atom is -0.452 e. The van der Waals surface area contributed by atoms with Crippen molar-refractivity contribution in [2.45, 2.75) is 18.7 Å². The van der Waals surface area contributed by atoms with Crippen LogP contribution in [0.15, 0.2) is 53.4 Å². The number of halogens is 1. The average molecular weight is 478 g/mol. The first-order valence-electron chi connectivity index (χ1n) is 10.8. The van der Waals surface area contributed by atoms with E-state index in [-0.39, 0.29) is 23.9 Å². The highest BCUT2D eigenvalue weighted by Gasteiger charge is 2.26. The molecule has 0 spiro atoms. The second-order valence-corrected chi connectivity index (χ2v) is 9.45. The van der Waals surface area contributed by atoms with E-state index in [1.54, 1.807) is 18.7 Å². The lowest BCUT2D eigenvalue weighted by Crippen LogP contribution is -2.49. The molecule has 2 aromatic carbocycles. The zero-order chi connectivity index (χ0) is 24.0. The summed E-state index contributed by atoms with van der Waals surface area (Å²) in [5.74, 6) is -2.38. The van der Waals surface area contributed by atoms with Crippen molar-refractivity contribution in [2.75, 3.05) is 50.8 Å². The summed E-state index contributed by atoms with van der Waals surface area (Å²) in [6.45, 7) is 5.53. The quantitative estimate of drug-likeness (QED) is 0.543. The number of carbonyl (C=O) groups is 2. The van der Waals surface area contributed by atoms with Gasteiger partial charge in [0.05, 0.1) is 10.5 Å². The van der Waals surface area contributed by atoms with Crippen LogP contribution in [0.5, 0.6) is 0 Å². The minimum absolute atomic E-state index is 0.206. The number of ether oxygens (including phenoxy) is 1. The number of amides is 1. The van der Waals surface area contributed by atoms with Crippen LogP contribution in [-0.2, 0) is 19.6 Å². The van der Waals surface area contributed by atoms with Crippen molar-refractivity contribution in [2.24, 2.45) is 0 Å².